The molecular weight excluding hydrogens is 214 g/mol. The molecule has 3 N–H and O–H groups in total. The first-order valence-electron chi connectivity index (χ1n) is 5.97. The summed E-state index contributed by atoms with van der Waals surface area (Å²) in [6.45, 7) is 1.92. The first-order chi connectivity index (χ1) is 8.09. The SMILES string of the molecule is CC(C(=O)Nc1ccccc1N)N(C)C1CC1. The molecule has 1 amide bonds. The molecule has 1 aliphatic rings. The lowest BCUT2D eigenvalue weighted by molar-refractivity contribution is -0.120. The molecule has 1 saturated carbocycles. The Kier molecular flexibility index (Phi) is 3.33. The molecule has 1 aromatic carbocycles. The van der Waals surface area contributed by atoms with Crippen LogP contribution in [0.5, 0.6) is 0 Å². The summed E-state index contributed by atoms with van der Waals surface area (Å²) in [7, 11) is 2.00. The van der Waals surface area contributed by atoms with E-state index in [1.165, 1.54) is 12.8 Å². The number of likely N-dealkylation sites (N-methyl/N-ethyl adjacent to an activating group) is 1. The second-order valence-electron chi connectivity index (χ2n) is 4.65. The Morgan fingerprint density at radius 3 is 2.71 bits per heavy atom. The van der Waals surface area contributed by atoms with Crippen LogP contribution in [0.4, 0.5) is 11.4 Å². The van der Waals surface area contributed by atoms with Crippen LogP contribution in [0, 0.1) is 0 Å². The average molecular weight is 233 g/mol. The molecule has 2 rings (SSSR count). The van der Waals surface area contributed by atoms with Crippen LogP contribution in [0.15, 0.2) is 24.3 Å². The highest BCUT2D eigenvalue weighted by molar-refractivity contribution is 5.97. The van der Waals surface area contributed by atoms with E-state index in [-0.39, 0.29) is 11.9 Å². The number of amides is 1. The molecule has 4 nitrogen and oxygen atoms in total. The zero-order valence-corrected chi connectivity index (χ0v) is 10.3. The Balaban J connectivity index is 1.98. The van der Waals surface area contributed by atoms with Crippen LogP contribution in [0.2, 0.25) is 0 Å². The fraction of sp³-hybridized carbons (Fsp3) is 0.462. The highest BCUT2D eigenvalue weighted by Gasteiger charge is 2.32. The van der Waals surface area contributed by atoms with Gasteiger partial charge in [0.05, 0.1) is 17.4 Å². The second kappa shape index (κ2) is 4.75. The predicted molar refractivity (Wildman–Crippen MR) is 69.7 cm³/mol. The molecule has 1 unspecified atom stereocenters. The third-order valence-electron chi connectivity index (χ3n) is 3.33. The number of nitrogens with one attached hydrogen (secondary N) is 1. The number of para-hydroxylation sites is 2. The Bertz CT molecular complexity index is 415. The molecule has 1 aromatic rings. The summed E-state index contributed by atoms with van der Waals surface area (Å²) in [5.41, 5.74) is 7.08. The number of carbonyl (C=O) groups excluding carboxylic acids is 1. The number of nitrogen functional groups attached to an aromatic ring is 1. The van der Waals surface area contributed by atoms with Gasteiger partial charge in [0, 0.05) is 6.04 Å². The first-order valence-corrected chi connectivity index (χ1v) is 5.97. The zero-order chi connectivity index (χ0) is 12.4. The lowest BCUT2D eigenvalue weighted by Crippen LogP contribution is -2.40. The third-order valence-corrected chi connectivity index (χ3v) is 3.33. The van der Waals surface area contributed by atoms with Crippen LogP contribution >= 0.6 is 0 Å². The number of nitrogens with zero attached hydrogens (tertiary/aromatic N) is 1. The minimum absolute atomic E-state index is 0.00250. The summed E-state index contributed by atoms with van der Waals surface area (Å²) in [6.07, 6.45) is 2.39. The number of anilines is 2. The predicted octanol–water partition coefficient (Wildman–Crippen LogP) is 1.69. The second-order valence-corrected chi connectivity index (χ2v) is 4.65. The molecule has 0 heterocycles. The van der Waals surface area contributed by atoms with Gasteiger partial charge in [-0.2, -0.15) is 0 Å². The standard InChI is InChI=1S/C13H19N3O/c1-9(16(2)10-7-8-10)13(17)15-12-6-4-3-5-11(12)14/h3-6,9-10H,7-8,14H2,1-2H3,(H,15,17). The van der Waals surface area contributed by atoms with E-state index >= 15 is 0 Å². The van der Waals surface area contributed by atoms with E-state index in [9.17, 15) is 4.79 Å². The van der Waals surface area contributed by atoms with Crippen molar-refractivity contribution in [3.63, 3.8) is 0 Å². The monoisotopic (exact) mass is 233 g/mol. The summed E-state index contributed by atoms with van der Waals surface area (Å²) in [5, 5.41) is 2.87. The maximum atomic E-state index is 12.0. The van der Waals surface area contributed by atoms with Crippen LogP contribution < -0.4 is 11.1 Å². The molecule has 0 aliphatic heterocycles. The summed E-state index contributed by atoms with van der Waals surface area (Å²) >= 11 is 0. The summed E-state index contributed by atoms with van der Waals surface area (Å²) < 4.78 is 0. The highest BCUT2D eigenvalue weighted by Crippen LogP contribution is 2.27. The largest absolute Gasteiger partial charge is 0.397 e. The summed E-state index contributed by atoms with van der Waals surface area (Å²) in [5.74, 6) is -0.00250. The van der Waals surface area contributed by atoms with Crippen LogP contribution in [0.1, 0.15) is 19.8 Å². The highest BCUT2D eigenvalue weighted by atomic mass is 16.2. The Hall–Kier alpha value is -1.55. The number of benzene rings is 1. The van der Waals surface area contributed by atoms with Gasteiger partial charge in [0.15, 0.2) is 0 Å². The Morgan fingerprint density at radius 1 is 1.47 bits per heavy atom. The number of hydrogen-bond donors (Lipinski definition) is 2. The van der Waals surface area contributed by atoms with E-state index in [1.54, 1.807) is 6.07 Å². The van der Waals surface area contributed by atoms with Crippen molar-refractivity contribution < 1.29 is 4.79 Å². The Labute approximate surface area is 102 Å². The van der Waals surface area contributed by atoms with E-state index in [0.717, 1.165) is 0 Å². The third kappa shape index (κ3) is 2.77. The van der Waals surface area contributed by atoms with Crippen molar-refractivity contribution in [2.45, 2.75) is 31.8 Å². The van der Waals surface area contributed by atoms with Crippen LogP contribution in [-0.2, 0) is 4.79 Å². The van der Waals surface area contributed by atoms with Crippen molar-refractivity contribution in [1.82, 2.24) is 4.90 Å². The Morgan fingerprint density at radius 2 is 2.12 bits per heavy atom. The average Bonchev–Trinajstić information content (AvgIpc) is 3.14. The van der Waals surface area contributed by atoms with Crippen LogP contribution in [0.25, 0.3) is 0 Å². The summed E-state index contributed by atoms with van der Waals surface area (Å²) in [4.78, 5) is 14.1. The van der Waals surface area contributed by atoms with E-state index in [0.29, 0.717) is 17.4 Å². The molecule has 92 valence electrons. The molecule has 0 spiro atoms. The van der Waals surface area contributed by atoms with Gasteiger partial charge >= 0.3 is 0 Å². The molecule has 0 radical (unpaired) electrons. The van der Waals surface area contributed by atoms with Crippen molar-refractivity contribution in [2.24, 2.45) is 0 Å². The lowest BCUT2D eigenvalue weighted by atomic mass is 10.2. The molecule has 0 aromatic heterocycles. The van der Waals surface area contributed by atoms with Gasteiger partial charge < -0.3 is 11.1 Å². The van der Waals surface area contributed by atoms with E-state index in [1.807, 2.05) is 32.2 Å². The van der Waals surface area contributed by atoms with Crippen molar-refractivity contribution >= 4 is 17.3 Å². The van der Waals surface area contributed by atoms with Gasteiger partial charge in [-0.05, 0) is 38.9 Å². The molecular formula is C13H19N3O. The van der Waals surface area contributed by atoms with E-state index < -0.39 is 0 Å². The number of rotatable bonds is 4. The fourth-order valence-corrected chi connectivity index (χ4v) is 1.83. The first kappa shape index (κ1) is 11.9. The normalized spacial score (nSPS) is 16.9. The van der Waals surface area contributed by atoms with Gasteiger partial charge in [-0.3, -0.25) is 9.69 Å². The molecule has 17 heavy (non-hydrogen) atoms. The topological polar surface area (TPSA) is 58.4 Å². The zero-order valence-electron chi connectivity index (χ0n) is 10.3. The molecule has 0 saturated heterocycles. The van der Waals surface area contributed by atoms with Gasteiger partial charge in [0.2, 0.25) is 5.91 Å². The van der Waals surface area contributed by atoms with Crippen molar-refractivity contribution in [3.8, 4) is 0 Å². The molecule has 0 bridgehead atoms. The van der Waals surface area contributed by atoms with Crippen molar-refractivity contribution in [3.05, 3.63) is 24.3 Å². The fourth-order valence-electron chi connectivity index (χ4n) is 1.83. The minimum atomic E-state index is -0.123. The quantitative estimate of drug-likeness (QED) is 0.778. The number of carbonyl (C=O) groups is 1. The van der Waals surface area contributed by atoms with Gasteiger partial charge in [-0.1, -0.05) is 12.1 Å². The maximum absolute atomic E-state index is 12.0. The van der Waals surface area contributed by atoms with Gasteiger partial charge in [-0.15, -0.1) is 0 Å². The maximum Gasteiger partial charge on any atom is 0.241 e. The number of nitrogens with two attached hydrogens (primary N) is 1. The van der Waals surface area contributed by atoms with E-state index in [4.69, 9.17) is 5.73 Å². The van der Waals surface area contributed by atoms with Crippen molar-refractivity contribution in [1.29, 1.82) is 0 Å². The van der Waals surface area contributed by atoms with Gasteiger partial charge in [0.25, 0.3) is 0 Å². The summed E-state index contributed by atoms with van der Waals surface area (Å²) in [6, 6.07) is 7.76. The minimum Gasteiger partial charge on any atom is -0.397 e. The van der Waals surface area contributed by atoms with E-state index in [2.05, 4.69) is 10.2 Å². The van der Waals surface area contributed by atoms with Gasteiger partial charge in [0.1, 0.15) is 0 Å². The van der Waals surface area contributed by atoms with Crippen molar-refractivity contribution in [2.75, 3.05) is 18.1 Å². The smallest absolute Gasteiger partial charge is 0.241 e. The number of hydrogen-bond acceptors (Lipinski definition) is 3. The molecule has 1 aliphatic carbocycles. The molecule has 1 fully saturated rings. The lowest BCUT2D eigenvalue weighted by Gasteiger charge is -2.23. The molecule has 4 heteroatoms. The van der Waals surface area contributed by atoms with Gasteiger partial charge in [-0.25, -0.2) is 0 Å². The van der Waals surface area contributed by atoms with Crippen LogP contribution in [-0.4, -0.2) is 29.9 Å². The molecule has 1 atom stereocenters. The van der Waals surface area contributed by atoms with Crippen LogP contribution in [0.3, 0.4) is 0 Å².